The zero-order chi connectivity index (χ0) is 22.5. The third-order valence-corrected chi connectivity index (χ3v) is 6.20. The van der Waals surface area contributed by atoms with Gasteiger partial charge in [0.25, 0.3) is 5.91 Å². The van der Waals surface area contributed by atoms with Crippen molar-refractivity contribution in [3.8, 4) is 0 Å². The molecule has 1 unspecified atom stereocenters. The average molecular weight is 514 g/mol. The number of carbonyl (C=O) groups excluding carboxylic acids is 2. The Morgan fingerprint density at radius 3 is 2.03 bits per heavy atom. The fourth-order valence-corrected chi connectivity index (χ4v) is 4.50. The number of amides is 2. The van der Waals surface area contributed by atoms with E-state index in [1.807, 2.05) is 12.1 Å². The van der Waals surface area contributed by atoms with Crippen molar-refractivity contribution >= 4 is 81.4 Å². The zero-order valence-corrected chi connectivity index (χ0v) is 19.9. The van der Waals surface area contributed by atoms with Crippen LogP contribution in [0.3, 0.4) is 0 Å². The summed E-state index contributed by atoms with van der Waals surface area (Å²) in [5.41, 5.74) is 1.47. The van der Waals surface area contributed by atoms with E-state index < -0.39 is 0 Å². The van der Waals surface area contributed by atoms with Gasteiger partial charge in [0.2, 0.25) is 5.91 Å². The van der Waals surface area contributed by atoms with Gasteiger partial charge in [-0.3, -0.25) is 9.59 Å². The summed E-state index contributed by atoms with van der Waals surface area (Å²) in [6, 6.07) is 16.7. The fourth-order valence-electron chi connectivity index (χ4n) is 2.62. The van der Waals surface area contributed by atoms with E-state index in [9.17, 15) is 9.59 Å². The number of hydrogen-bond acceptors (Lipinski definition) is 3. The molecule has 3 aromatic carbocycles. The van der Waals surface area contributed by atoms with Crippen LogP contribution in [0.4, 0.5) is 11.4 Å². The fraction of sp³-hybridized carbons (Fsp3) is 0.0909. The summed E-state index contributed by atoms with van der Waals surface area (Å²) >= 11 is 25.2. The number of carbonyl (C=O) groups is 2. The van der Waals surface area contributed by atoms with Crippen LogP contribution in [0, 0.1) is 0 Å². The molecule has 0 aliphatic heterocycles. The molecule has 0 saturated carbocycles. The first-order valence-electron chi connectivity index (χ1n) is 9.01. The van der Waals surface area contributed by atoms with E-state index in [4.69, 9.17) is 46.4 Å². The van der Waals surface area contributed by atoms with Gasteiger partial charge in [-0.1, -0.05) is 46.4 Å². The van der Waals surface area contributed by atoms with Crippen LogP contribution in [0.2, 0.25) is 20.1 Å². The maximum Gasteiger partial charge on any atom is 0.257 e. The molecule has 0 spiro atoms. The average Bonchev–Trinajstić information content (AvgIpc) is 2.68. The number of nitrogens with one attached hydrogen (secondary N) is 2. The Kier molecular flexibility index (Phi) is 8.14. The molecule has 2 amide bonds. The monoisotopic (exact) mass is 512 g/mol. The highest BCUT2D eigenvalue weighted by Crippen LogP contribution is 2.28. The molecule has 0 fully saturated rings. The summed E-state index contributed by atoms with van der Waals surface area (Å²) in [5, 5.41) is 6.84. The molecular weight excluding hydrogens is 498 g/mol. The highest BCUT2D eigenvalue weighted by Gasteiger charge is 2.16. The maximum atomic E-state index is 12.5. The van der Waals surface area contributed by atoms with Crippen molar-refractivity contribution < 1.29 is 9.59 Å². The van der Waals surface area contributed by atoms with Crippen LogP contribution in [-0.2, 0) is 4.79 Å². The third-order valence-electron chi connectivity index (χ3n) is 4.10. The van der Waals surface area contributed by atoms with Gasteiger partial charge in [0.15, 0.2) is 0 Å². The second-order valence-corrected chi connectivity index (χ2v) is 9.64. The molecule has 0 aromatic heterocycles. The standard InChI is InChI=1S/C22H16Cl4N2O2S/c1-12(21(29)28-17-9-14(24)8-15(25)10-17)31-18-5-3-16(4-6-18)27-22(30)19-7-2-13(23)11-20(19)26/h2-12H,1H3,(H,27,30)(H,28,29). The summed E-state index contributed by atoms with van der Waals surface area (Å²) in [6.07, 6.45) is 0. The predicted octanol–water partition coefficient (Wildman–Crippen LogP) is 7.67. The quantitative estimate of drug-likeness (QED) is 0.332. The second kappa shape index (κ2) is 10.6. The van der Waals surface area contributed by atoms with Gasteiger partial charge in [-0.2, -0.15) is 0 Å². The Labute approximate surface area is 204 Å². The van der Waals surface area contributed by atoms with Crippen LogP contribution < -0.4 is 10.6 Å². The van der Waals surface area contributed by atoms with Crippen LogP contribution in [0.1, 0.15) is 17.3 Å². The number of rotatable bonds is 6. The molecule has 0 aliphatic carbocycles. The van der Waals surface area contributed by atoms with Crippen LogP contribution in [-0.4, -0.2) is 17.1 Å². The lowest BCUT2D eigenvalue weighted by Crippen LogP contribution is -2.22. The van der Waals surface area contributed by atoms with Crippen molar-refractivity contribution in [2.24, 2.45) is 0 Å². The Morgan fingerprint density at radius 2 is 1.42 bits per heavy atom. The molecule has 31 heavy (non-hydrogen) atoms. The van der Waals surface area contributed by atoms with E-state index in [-0.39, 0.29) is 22.1 Å². The summed E-state index contributed by atoms with van der Waals surface area (Å²) in [5.74, 6) is -0.520. The molecule has 0 radical (unpaired) electrons. The molecule has 3 aromatic rings. The maximum absolute atomic E-state index is 12.5. The second-order valence-electron chi connectivity index (χ2n) is 6.51. The Morgan fingerprint density at radius 1 is 0.774 bits per heavy atom. The minimum Gasteiger partial charge on any atom is -0.325 e. The number of thioether (sulfide) groups is 1. The van der Waals surface area contributed by atoms with Crippen LogP contribution in [0.5, 0.6) is 0 Å². The largest absolute Gasteiger partial charge is 0.325 e. The van der Waals surface area contributed by atoms with Gasteiger partial charge in [-0.25, -0.2) is 0 Å². The van der Waals surface area contributed by atoms with Gasteiger partial charge in [-0.15, -0.1) is 11.8 Å². The van der Waals surface area contributed by atoms with Crippen molar-refractivity contribution in [1.82, 2.24) is 0 Å². The van der Waals surface area contributed by atoms with E-state index in [1.54, 1.807) is 49.4 Å². The molecule has 2 N–H and O–H groups in total. The summed E-state index contributed by atoms with van der Waals surface area (Å²) in [6.45, 7) is 1.80. The Hall–Kier alpha value is -1.89. The highest BCUT2D eigenvalue weighted by atomic mass is 35.5. The molecule has 4 nitrogen and oxygen atoms in total. The molecule has 160 valence electrons. The van der Waals surface area contributed by atoms with Crippen LogP contribution >= 0.6 is 58.2 Å². The topological polar surface area (TPSA) is 58.2 Å². The van der Waals surface area contributed by atoms with Crippen LogP contribution in [0.15, 0.2) is 65.6 Å². The predicted molar refractivity (Wildman–Crippen MR) is 131 cm³/mol. The van der Waals surface area contributed by atoms with Gasteiger partial charge in [0.05, 0.1) is 15.8 Å². The molecule has 0 saturated heterocycles. The summed E-state index contributed by atoms with van der Waals surface area (Å²) < 4.78 is 0. The number of hydrogen-bond donors (Lipinski definition) is 2. The van der Waals surface area contributed by atoms with Gasteiger partial charge in [-0.05, 0) is 67.6 Å². The van der Waals surface area contributed by atoms with Gasteiger partial charge in [0, 0.05) is 31.3 Å². The molecule has 0 bridgehead atoms. The van der Waals surface area contributed by atoms with Crippen molar-refractivity contribution in [2.45, 2.75) is 17.1 Å². The Balaban J connectivity index is 1.59. The molecular formula is C22H16Cl4N2O2S. The normalized spacial score (nSPS) is 11.6. The van der Waals surface area contributed by atoms with Crippen LogP contribution in [0.25, 0.3) is 0 Å². The smallest absolute Gasteiger partial charge is 0.257 e. The van der Waals surface area contributed by atoms with Gasteiger partial charge in [0.1, 0.15) is 0 Å². The number of anilines is 2. The summed E-state index contributed by atoms with van der Waals surface area (Å²) in [7, 11) is 0. The van der Waals surface area contributed by atoms with Crippen molar-refractivity contribution in [1.29, 1.82) is 0 Å². The SMILES string of the molecule is CC(Sc1ccc(NC(=O)c2ccc(Cl)cc2Cl)cc1)C(=O)Nc1cc(Cl)cc(Cl)c1. The zero-order valence-electron chi connectivity index (χ0n) is 16.1. The number of halogens is 4. The summed E-state index contributed by atoms with van der Waals surface area (Å²) in [4.78, 5) is 25.7. The van der Waals surface area contributed by atoms with Crippen molar-refractivity contribution in [2.75, 3.05) is 10.6 Å². The molecule has 3 rings (SSSR count). The lowest BCUT2D eigenvalue weighted by molar-refractivity contribution is -0.115. The van der Waals surface area contributed by atoms with E-state index in [1.165, 1.54) is 17.8 Å². The first-order valence-corrected chi connectivity index (χ1v) is 11.4. The lowest BCUT2D eigenvalue weighted by Gasteiger charge is -2.13. The third kappa shape index (κ3) is 6.79. The Bertz CT molecular complexity index is 1100. The molecule has 0 heterocycles. The lowest BCUT2D eigenvalue weighted by atomic mass is 10.2. The first-order chi connectivity index (χ1) is 14.7. The molecule has 9 heteroatoms. The van der Waals surface area contributed by atoms with Gasteiger partial charge >= 0.3 is 0 Å². The molecule has 0 aliphatic rings. The van der Waals surface area contributed by atoms with Crippen molar-refractivity contribution in [3.63, 3.8) is 0 Å². The number of benzene rings is 3. The van der Waals surface area contributed by atoms with Crippen molar-refractivity contribution in [3.05, 3.63) is 86.3 Å². The van der Waals surface area contributed by atoms with E-state index in [0.29, 0.717) is 32.0 Å². The molecule has 1 atom stereocenters. The first kappa shape index (κ1) is 23.8. The minimum atomic E-state index is -0.369. The van der Waals surface area contributed by atoms with E-state index >= 15 is 0 Å². The van der Waals surface area contributed by atoms with E-state index in [2.05, 4.69) is 10.6 Å². The van der Waals surface area contributed by atoms with Gasteiger partial charge < -0.3 is 10.6 Å². The highest BCUT2D eigenvalue weighted by molar-refractivity contribution is 8.00. The minimum absolute atomic E-state index is 0.182. The van der Waals surface area contributed by atoms with E-state index in [0.717, 1.165) is 4.90 Å².